The van der Waals surface area contributed by atoms with Crippen LogP contribution in [0.4, 0.5) is 18.3 Å². The lowest BCUT2D eigenvalue weighted by Crippen LogP contribution is -2.13. The monoisotopic (exact) mass is 418 g/mol. The highest BCUT2D eigenvalue weighted by molar-refractivity contribution is 7.93. The third-order valence-corrected chi connectivity index (χ3v) is 6.18. The molecule has 0 saturated carbocycles. The second-order valence-electron chi connectivity index (χ2n) is 5.24. The molecule has 1 heterocycles. The number of aromatic nitrogens is 1. The summed E-state index contributed by atoms with van der Waals surface area (Å²) in [6.07, 6.45) is 1.68. The first-order chi connectivity index (χ1) is 12.2. The summed E-state index contributed by atoms with van der Waals surface area (Å²) in [5.74, 6) is -2.56. The van der Waals surface area contributed by atoms with E-state index in [1.54, 1.807) is 0 Å². The Hall–Kier alpha value is -2.10. The van der Waals surface area contributed by atoms with Crippen LogP contribution < -0.4 is 4.72 Å². The fourth-order valence-electron chi connectivity index (χ4n) is 2.15. The molecule has 10 heteroatoms. The highest BCUT2D eigenvalue weighted by Crippen LogP contribution is 2.27. The Kier molecular flexibility index (Phi) is 5.22. The quantitative estimate of drug-likeness (QED) is 0.658. The van der Waals surface area contributed by atoms with E-state index in [9.17, 15) is 21.6 Å². The number of sulfonamides is 1. The summed E-state index contributed by atoms with van der Waals surface area (Å²) < 4.78 is 66.2. The first-order valence-corrected chi connectivity index (χ1v) is 9.79. The topological polar surface area (TPSA) is 59.1 Å². The molecule has 0 saturated heterocycles. The zero-order valence-electron chi connectivity index (χ0n) is 12.8. The van der Waals surface area contributed by atoms with Gasteiger partial charge in [-0.3, -0.25) is 4.72 Å². The molecule has 0 spiro atoms. The molecule has 0 unspecified atom stereocenters. The van der Waals surface area contributed by atoms with E-state index in [1.165, 1.54) is 12.3 Å². The van der Waals surface area contributed by atoms with Gasteiger partial charge < -0.3 is 0 Å². The molecule has 26 heavy (non-hydrogen) atoms. The fourth-order valence-corrected chi connectivity index (χ4v) is 4.77. The molecule has 0 aliphatic carbocycles. The number of nitrogens with zero attached hydrogens (tertiary/aromatic N) is 1. The number of hydrogen-bond donors (Lipinski definition) is 1. The fraction of sp³-hybridized carbons (Fsp3) is 0.0625. The van der Waals surface area contributed by atoms with E-state index in [1.807, 2.05) is 0 Å². The van der Waals surface area contributed by atoms with E-state index in [0.29, 0.717) is 10.4 Å². The normalized spacial score (nSPS) is 11.5. The van der Waals surface area contributed by atoms with Crippen molar-refractivity contribution in [1.82, 2.24) is 4.98 Å². The number of benzene rings is 2. The van der Waals surface area contributed by atoms with Crippen LogP contribution in [0, 0.1) is 17.5 Å². The van der Waals surface area contributed by atoms with E-state index in [-0.39, 0.29) is 21.5 Å². The molecule has 0 amide bonds. The van der Waals surface area contributed by atoms with Crippen molar-refractivity contribution < 1.29 is 21.6 Å². The predicted octanol–water partition coefficient (Wildman–Crippen LogP) is 4.61. The summed E-state index contributed by atoms with van der Waals surface area (Å²) in [7, 11) is -4.04. The molecule has 4 nitrogen and oxygen atoms in total. The maximum atomic E-state index is 13.2. The summed E-state index contributed by atoms with van der Waals surface area (Å²) in [6.45, 7) is 0. The molecule has 0 aliphatic heterocycles. The number of rotatable bonds is 5. The lowest BCUT2D eigenvalue weighted by atomic mass is 10.1. The van der Waals surface area contributed by atoms with E-state index >= 15 is 0 Å². The molecule has 0 atom stereocenters. The Balaban J connectivity index is 1.78. The molecule has 1 aromatic heterocycles. The van der Waals surface area contributed by atoms with Crippen molar-refractivity contribution in [1.29, 1.82) is 0 Å². The Bertz CT molecular complexity index is 1070. The third-order valence-electron chi connectivity index (χ3n) is 3.32. The second-order valence-corrected chi connectivity index (χ2v) is 8.41. The lowest BCUT2D eigenvalue weighted by Gasteiger charge is -2.06. The van der Waals surface area contributed by atoms with Gasteiger partial charge in [0.2, 0.25) is 0 Å². The van der Waals surface area contributed by atoms with Crippen LogP contribution in [0.1, 0.15) is 10.4 Å². The van der Waals surface area contributed by atoms with Crippen LogP contribution in [0.2, 0.25) is 5.02 Å². The summed E-state index contributed by atoms with van der Waals surface area (Å²) in [5.41, 5.74) is 0.517. The third kappa shape index (κ3) is 4.17. The minimum atomic E-state index is -4.04. The number of halogens is 4. The van der Waals surface area contributed by atoms with E-state index < -0.39 is 27.5 Å². The van der Waals surface area contributed by atoms with Crippen LogP contribution in [-0.4, -0.2) is 13.4 Å². The smallest absolute Gasteiger partial charge is 0.255 e. The molecule has 0 aliphatic rings. The Labute approximate surface area is 156 Å². The molecule has 136 valence electrons. The van der Waals surface area contributed by atoms with Crippen molar-refractivity contribution in [2.24, 2.45) is 0 Å². The SMILES string of the molecule is O=S(=O)(Nc1ncc(Cc2ccc(F)c(F)c2)s1)c1ccc(F)cc1Cl. The maximum absolute atomic E-state index is 13.2. The van der Waals surface area contributed by atoms with Crippen LogP contribution in [-0.2, 0) is 16.4 Å². The second kappa shape index (κ2) is 7.26. The highest BCUT2D eigenvalue weighted by Gasteiger charge is 2.20. The maximum Gasteiger partial charge on any atom is 0.265 e. The van der Waals surface area contributed by atoms with Gasteiger partial charge in [0.15, 0.2) is 16.8 Å². The number of nitrogens with one attached hydrogen (secondary N) is 1. The van der Waals surface area contributed by atoms with Gasteiger partial charge in [0.25, 0.3) is 10.0 Å². The Morgan fingerprint density at radius 1 is 1.08 bits per heavy atom. The number of anilines is 1. The van der Waals surface area contributed by atoms with E-state index in [2.05, 4.69) is 9.71 Å². The Morgan fingerprint density at radius 2 is 1.85 bits per heavy atom. The van der Waals surface area contributed by atoms with Gasteiger partial charge in [-0.15, -0.1) is 11.3 Å². The molecule has 3 aromatic rings. The zero-order valence-corrected chi connectivity index (χ0v) is 15.2. The molecule has 0 radical (unpaired) electrons. The van der Waals surface area contributed by atoms with Gasteiger partial charge in [-0.25, -0.2) is 26.6 Å². The van der Waals surface area contributed by atoms with Crippen molar-refractivity contribution in [3.8, 4) is 0 Å². The summed E-state index contributed by atoms with van der Waals surface area (Å²) in [6, 6.07) is 6.45. The lowest BCUT2D eigenvalue weighted by molar-refractivity contribution is 0.507. The molecular weight excluding hydrogens is 409 g/mol. The van der Waals surface area contributed by atoms with Crippen molar-refractivity contribution in [2.75, 3.05) is 4.72 Å². The summed E-state index contributed by atoms with van der Waals surface area (Å²) >= 11 is 6.81. The zero-order chi connectivity index (χ0) is 18.9. The van der Waals surface area contributed by atoms with Gasteiger partial charge in [-0.1, -0.05) is 17.7 Å². The first-order valence-electron chi connectivity index (χ1n) is 7.11. The highest BCUT2D eigenvalue weighted by atomic mass is 35.5. The first kappa shape index (κ1) is 18.7. The van der Waals surface area contributed by atoms with Gasteiger partial charge in [0, 0.05) is 17.5 Å². The minimum Gasteiger partial charge on any atom is -0.255 e. The summed E-state index contributed by atoms with van der Waals surface area (Å²) in [4.78, 5) is 4.31. The minimum absolute atomic E-state index is 0.0722. The molecule has 3 rings (SSSR count). The van der Waals surface area contributed by atoms with Crippen LogP contribution in [0.15, 0.2) is 47.5 Å². The van der Waals surface area contributed by atoms with Gasteiger partial charge in [-0.2, -0.15) is 0 Å². The van der Waals surface area contributed by atoms with Crippen molar-refractivity contribution >= 4 is 38.1 Å². The predicted molar refractivity (Wildman–Crippen MR) is 93.5 cm³/mol. The summed E-state index contributed by atoms with van der Waals surface area (Å²) in [5, 5.41) is -0.181. The van der Waals surface area contributed by atoms with Crippen molar-refractivity contribution in [3.63, 3.8) is 0 Å². The van der Waals surface area contributed by atoms with E-state index in [0.717, 1.165) is 41.7 Å². The van der Waals surface area contributed by atoms with Gasteiger partial charge >= 0.3 is 0 Å². The average Bonchev–Trinajstić information content (AvgIpc) is 2.96. The largest absolute Gasteiger partial charge is 0.265 e. The Morgan fingerprint density at radius 3 is 2.54 bits per heavy atom. The van der Waals surface area contributed by atoms with Crippen LogP contribution in [0.3, 0.4) is 0 Å². The molecule has 2 aromatic carbocycles. The molecule has 1 N–H and O–H groups in total. The standard InChI is InChI=1S/C16H10ClF3N2O2S2/c17-12-7-10(18)2-4-15(12)26(23,24)22-16-21-8-11(25-16)5-9-1-3-13(19)14(20)6-9/h1-4,6-8H,5H2,(H,21,22). The van der Waals surface area contributed by atoms with Gasteiger partial charge in [0.1, 0.15) is 10.7 Å². The van der Waals surface area contributed by atoms with Crippen molar-refractivity contribution in [2.45, 2.75) is 11.3 Å². The number of hydrogen-bond acceptors (Lipinski definition) is 4. The van der Waals surface area contributed by atoms with Crippen molar-refractivity contribution in [3.05, 3.63) is 75.5 Å². The molecule has 0 fully saturated rings. The van der Waals surface area contributed by atoms with E-state index in [4.69, 9.17) is 11.6 Å². The van der Waals surface area contributed by atoms with Gasteiger partial charge in [0.05, 0.1) is 5.02 Å². The van der Waals surface area contributed by atoms with Crippen LogP contribution in [0.5, 0.6) is 0 Å². The van der Waals surface area contributed by atoms with Crippen LogP contribution >= 0.6 is 22.9 Å². The molecule has 0 bridgehead atoms. The van der Waals surface area contributed by atoms with Crippen LogP contribution in [0.25, 0.3) is 0 Å². The average molecular weight is 419 g/mol. The van der Waals surface area contributed by atoms with Gasteiger partial charge in [-0.05, 0) is 35.9 Å². The number of thiazole rings is 1. The molecular formula is C16H10ClF3N2O2S2.